The van der Waals surface area contributed by atoms with E-state index < -0.39 is 11.9 Å². The first kappa shape index (κ1) is 23.7. The number of nitrogens with two attached hydrogens (primary N) is 1. The third kappa shape index (κ3) is 4.03. The summed E-state index contributed by atoms with van der Waals surface area (Å²) in [7, 11) is 0. The number of aromatic nitrogens is 6. The summed E-state index contributed by atoms with van der Waals surface area (Å²) in [5.41, 5.74) is 9.09. The molecule has 1 aliphatic carbocycles. The largest absolute Gasteiger partial charge is 0.368 e. The number of fused-ring (bicyclic) bond motifs is 2. The molecule has 1 aliphatic rings. The van der Waals surface area contributed by atoms with Gasteiger partial charge in [0.25, 0.3) is 11.7 Å². The first-order chi connectivity index (χ1) is 18.4. The summed E-state index contributed by atoms with van der Waals surface area (Å²) < 4.78 is 1.72. The maximum Gasteiger partial charge on any atom is 0.271 e. The van der Waals surface area contributed by atoms with Crippen molar-refractivity contribution in [3.8, 4) is 11.3 Å². The van der Waals surface area contributed by atoms with Crippen LogP contribution in [0.5, 0.6) is 0 Å². The number of rotatable bonds is 7. The summed E-state index contributed by atoms with van der Waals surface area (Å²) in [6.45, 7) is 3.66. The van der Waals surface area contributed by atoms with Crippen molar-refractivity contribution < 1.29 is 9.59 Å². The molecule has 0 aliphatic heterocycles. The normalized spacial score (nSPS) is 15.0. The van der Waals surface area contributed by atoms with E-state index in [2.05, 4.69) is 43.7 Å². The quantitative estimate of drug-likeness (QED) is 0.346. The van der Waals surface area contributed by atoms with Crippen LogP contribution >= 0.6 is 0 Å². The molecule has 3 aromatic heterocycles. The van der Waals surface area contributed by atoms with Gasteiger partial charge in [0.15, 0.2) is 5.82 Å². The average molecular weight is 507 g/mol. The fourth-order valence-electron chi connectivity index (χ4n) is 4.85. The molecule has 1 saturated carbocycles. The zero-order valence-corrected chi connectivity index (χ0v) is 21.0. The number of pyridine rings is 1. The highest BCUT2D eigenvalue weighted by atomic mass is 16.2. The molecule has 0 unspecified atom stereocenters. The molecular formula is C28H26N8O2. The third-order valence-electron chi connectivity index (χ3n) is 7.17. The van der Waals surface area contributed by atoms with Crippen molar-refractivity contribution in [3.05, 3.63) is 83.9 Å². The molecule has 3 heterocycles. The van der Waals surface area contributed by atoms with Crippen molar-refractivity contribution in [1.29, 1.82) is 0 Å². The molecular weight excluding hydrogens is 480 g/mol. The standard InChI is InChI=1S/C28H26N8O2/c1-16(2)23(24(29)37)32-25(38)18-7-5-17(6-8-18)22-15-31-27-34-33-26(36(27)35-22)28(11-12-28)20-9-10-21-19(14-20)4-3-13-30-21/h3-10,13-16,23H,11-12H2,1-2H3,(H2,29,37)(H,32,38)/t23-/m0/s1. The molecule has 0 spiro atoms. The number of nitrogens with one attached hydrogen (secondary N) is 1. The van der Waals surface area contributed by atoms with Gasteiger partial charge in [-0.25, -0.2) is 4.98 Å². The van der Waals surface area contributed by atoms with Gasteiger partial charge < -0.3 is 11.1 Å². The predicted octanol–water partition coefficient (Wildman–Crippen LogP) is 3.05. The van der Waals surface area contributed by atoms with Crippen LogP contribution in [0.25, 0.3) is 27.9 Å². The van der Waals surface area contributed by atoms with Gasteiger partial charge in [0, 0.05) is 22.7 Å². The Morgan fingerprint density at radius 1 is 1.03 bits per heavy atom. The number of hydrogen-bond acceptors (Lipinski definition) is 7. The van der Waals surface area contributed by atoms with E-state index in [1.165, 1.54) is 0 Å². The molecule has 0 saturated heterocycles. The van der Waals surface area contributed by atoms with Crippen molar-refractivity contribution in [2.24, 2.45) is 11.7 Å². The number of carbonyl (C=O) groups is 2. The minimum absolute atomic E-state index is 0.114. The van der Waals surface area contributed by atoms with Crippen LogP contribution in [0.3, 0.4) is 0 Å². The highest BCUT2D eigenvalue weighted by molar-refractivity contribution is 5.97. The summed E-state index contributed by atoms with van der Waals surface area (Å²) in [4.78, 5) is 33.2. The van der Waals surface area contributed by atoms with Crippen LogP contribution in [0.1, 0.15) is 48.4 Å². The van der Waals surface area contributed by atoms with E-state index in [0.717, 1.165) is 40.7 Å². The lowest BCUT2D eigenvalue weighted by Gasteiger charge is -2.19. The predicted molar refractivity (Wildman–Crippen MR) is 141 cm³/mol. The van der Waals surface area contributed by atoms with E-state index in [1.807, 2.05) is 26.0 Å². The van der Waals surface area contributed by atoms with Crippen LogP contribution in [0.15, 0.2) is 67.0 Å². The van der Waals surface area contributed by atoms with E-state index in [9.17, 15) is 9.59 Å². The molecule has 1 fully saturated rings. The number of primary amides is 1. The first-order valence-corrected chi connectivity index (χ1v) is 12.5. The Morgan fingerprint density at radius 2 is 1.82 bits per heavy atom. The summed E-state index contributed by atoms with van der Waals surface area (Å²) >= 11 is 0. The molecule has 38 heavy (non-hydrogen) atoms. The summed E-state index contributed by atoms with van der Waals surface area (Å²) in [6, 6.07) is 16.5. The second-order valence-corrected chi connectivity index (χ2v) is 10.0. The second-order valence-electron chi connectivity index (χ2n) is 10.0. The lowest BCUT2D eigenvalue weighted by molar-refractivity contribution is -0.120. The molecule has 6 rings (SSSR count). The summed E-state index contributed by atoms with van der Waals surface area (Å²) in [6.07, 6.45) is 5.32. The molecule has 10 nitrogen and oxygen atoms in total. The highest BCUT2D eigenvalue weighted by Crippen LogP contribution is 2.53. The zero-order chi connectivity index (χ0) is 26.4. The lowest BCUT2D eigenvalue weighted by atomic mass is 9.94. The third-order valence-corrected chi connectivity index (χ3v) is 7.17. The first-order valence-electron chi connectivity index (χ1n) is 12.5. The van der Waals surface area contributed by atoms with E-state index >= 15 is 0 Å². The minimum Gasteiger partial charge on any atom is -0.368 e. The van der Waals surface area contributed by atoms with Crippen molar-refractivity contribution in [2.75, 3.05) is 0 Å². The van der Waals surface area contributed by atoms with Crippen LogP contribution < -0.4 is 11.1 Å². The van der Waals surface area contributed by atoms with Gasteiger partial charge in [0.2, 0.25) is 5.91 Å². The van der Waals surface area contributed by atoms with Crippen LogP contribution in [0.2, 0.25) is 0 Å². The minimum atomic E-state index is -0.740. The average Bonchev–Trinajstić information content (AvgIpc) is 3.63. The fourth-order valence-corrected chi connectivity index (χ4v) is 4.85. The van der Waals surface area contributed by atoms with Crippen LogP contribution in [0, 0.1) is 5.92 Å². The van der Waals surface area contributed by atoms with E-state index in [4.69, 9.17) is 10.8 Å². The van der Waals surface area contributed by atoms with Gasteiger partial charge in [-0.05, 0) is 54.7 Å². The van der Waals surface area contributed by atoms with Crippen molar-refractivity contribution in [3.63, 3.8) is 0 Å². The Bertz CT molecular complexity index is 1690. The van der Waals surface area contributed by atoms with Gasteiger partial charge >= 0.3 is 0 Å². The van der Waals surface area contributed by atoms with Gasteiger partial charge in [0.1, 0.15) is 11.7 Å². The smallest absolute Gasteiger partial charge is 0.271 e. The molecule has 5 aromatic rings. The Labute approximate surface area is 218 Å². The zero-order valence-electron chi connectivity index (χ0n) is 21.0. The number of carbonyl (C=O) groups excluding carboxylic acids is 2. The lowest BCUT2D eigenvalue weighted by Crippen LogP contribution is -2.47. The van der Waals surface area contributed by atoms with E-state index in [-0.39, 0.29) is 17.2 Å². The SMILES string of the molecule is CC(C)[C@H](NC(=O)c1ccc(-c2cnc3nnc(C4(c5ccc6ncccc6c5)CC4)n3n2)cc1)C(N)=O. The van der Waals surface area contributed by atoms with Crippen LogP contribution in [-0.2, 0) is 10.2 Å². The summed E-state index contributed by atoms with van der Waals surface area (Å²) in [5.74, 6) is 0.147. The molecule has 0 radical (unpaired) electrons. The van der Waals surface area contributed by atoms with Gasteiger partial charge in [-0.3, -0.25) is 14.6 Å². The maximum absolute atomic E-state index is 12.7. The van der Waals surface area contributed by atoms with Crippen molar-refractivity contribution in [2.45, 2.75) is 38.1 Å². The molecule has 10 heteroatoms. The molecule has 2 aromatic carbocycles. The Hall–Kier alpha value is -4.73. The number of hydrogen-bond donors (Lipinski definition) is 2. The number of amides is 2. The maximum atomic E-state index is 12.7. The summed E-state index contributed by atoms with van der Waals surface area (Å²) in [5, 5.41) is 17.4. The van der Waals surface area contributed by atoms with E-state index in [1.54, 1.807) is 41.2 Å². The molecule has 0 bridgehead atoms. The van der Waals surface area contributed by atoms with Crippen LogP contribution in [-0.4, -0.2) is 47.6 Å². The van der Waals surface area contributed by atoms with E-state index in [0.29, 0.717) is 17.0 Å². The fraction of sp³-hybridized carbons (Fsp3) is 0.250. The molecule has 2 amide bonds. The Balaban J connectivity index is 1.30. The monoisotopic (exact) mass is 506 g/mol. The topological polar surface area (TPSA) is 141 Å². The molecule has 190 valence electrons. The van der Waals surface area contributed by atoms with Gasteiger partial charge in [0.05, 0.1) is 17.1 Å². The second kappa shape index (κ2) is 8.98. The van der Waals surface area contributed by atoms with Crippen molar-refractivity contribution >= 4 is 28.5 Å². The molecule has 1 atom stereocenters. The van der Waals surface area contributed by atoms with Gasteiger partial charge in [-0.15, -0.1) is 10.2 Å². The molecule has 3 N–H and O–H groups in total. The number of benzene rings is 2. The van der Waals surface area contributed by atoms with Gasteiger partial charge in [-0.1, -0.05) is 38.1 Å². The van der Waals surface area contributed by atoms with Crippen LogP contribution in [0.4, 0.5) is 0 Å². The number of nitrogens with zero attached hydrogens (tertiary/aromatic N) is 6. The highest BCUT2D eigenvalue weighted by Gasteiger charge is 2.50. The van der Waals surface area contributed by atoms with Gasteiger partial charge in [-0.2, -0.15) is 9.61 Å². The Kier molecular flexibility index (Phi) is 5.59. The Morgan fingerprint density at radius 3 is 2.53 bits per heavy atom. The van der Waals surface area contributed by atoms with Crippen molar-refractivity contribution in [1.82, 2.24) is 35.1 Å².